The van der Waals surface area contributed by atoms with Crippen LogP contribution in [-0.2, 0) is 4.74 Å². The van der Waals surface area contributed by atoms with Crippen molar-refractivity contribution in [2.24, 2.45) is 0 Å². The predicted octanol–water partition coefficient (Wildman–Crippen LogP) is 3.93. The van der Waals surface area contributed by atoms with E-state index < -0.39 is 11.7 Å². The minimum absolute atomic E-state index is 0.0265. The highest BCUT2D eigenvalue weighted by Crippen LogP contribution is 2.26. The number of hydrogen-bond acceptors (Lipinski definition) is 5. The number of nitrogens with zero attached hydrogens (tertiary/aromatic N) is 3. The van der Waals surface area contributed by atoms with Crippen molar-refractivity contribution < 1.29 is 13.9 Å². The molecule has 6 nitrogen and oxygen atoms in total. The monoisotopic (exact) mass is 460 g/mol. The third-order valence-electron chi connectivity index (χ3n) is 3.55. The molecule has 8 heteroatoms. The van der Waals surface area contributed by atoms with Crippen LogP contribution in [0.2, 0.25) is 0 Å². The molecule has 1 aliphatic heterocycles. The van der Waals surface area contributed by atoms with Crippen molar-refractivity contribution in [1.29, 1.82) is 0 Å². The maximum absolute atomic E-state index is 12.6. The SMILES string of the molecule is CC(C)(C)OC(=O)NC1CCN(c2ncnc(/C=C/F)c2/C=C\I)C1. The van der Waals surface area contributed by atoms with Gasteiger partial charge in [-0.05, 0) is 43.4 Å². The number of hydrogen-bond donors (Lipinski definition) is 1. The van der Waals surface area contributed by atoms with Crippen LogP contribution in [0.3, 0.4) is 0 Å². The van der Waals surface area contributed by atoms with Crippen LogP contribution in [0, 0.1) is 0 Å². The maximum Gasteiger partial charge on any atom is 0.407 e. The Balaban J connectivity index is 2.11. The Morgan fingerprint density at radius 3 is 2.84 bits per heavy atom. The van der Waals surface area contributed by atoms with Crippen LogP contribution in [-0.4, -0.2) is 40.8 Å². The summed E-state index contributed by atoms with van der Waals surface area (Å²) in [6.45, 7) is 6.83. The van der Waals surface area contributed by atoms with Crippen molar-refractivity contribution in [3.05, 3.63) is 28.0 Å². The molecule has 1 fully saturated rings. The Morgan fingerprint density at radius 2 is 2.20 bits per heavy atom. The molecule has 1 aliphatic rings. The lowest BCUT2D eigenvalue weighted by Gasteiger charge is -2.23. The molecule has 1 aromatic rings. The molecule has 25 heavy (non-hydrogen) atoms. The second kappa shape index (κ2) is 8.59. The number of alkyl carbamates (subject to hydrolysis) is 1. The minimum atomic E-state index is -0.527. The lowest BCUT2D eigenvalue weighted by atomic mass is 10.2. The first-order valence-electron chi connectivity index (χ1n) is 7.97. The van der Waals surface area contributed by atoms with Crippen molar-refractivity contribution in [3.8, 4) is 0 Å². The fourth-order valence-electron chi connectivity index (χ4n) is 2.61. The second-order valence-electron chi connectivity index (χ2n) is 6.66. The van der Waals surface area contributed by atoms with E-state index in [1.54, 1.807) is 0 Å². The zero-order valence-corrected chi connectivity index (χ0v) is 16.7. The summed E-state index contributed by atoms with van der Waals surface area (Å²) in [5, 5.41) is 2.89. The zero-order valence-electron chi connectivity index (χ0n) is 14.5. The van der Waals surface area contributed by atoms with Gasteiger partial charge in [-0.15, -0.1) is 0 Å². The first kappa shape index (κ1) is 19.6. The number of rotatable bonds is 4. The van der Waals surface area contributed by atoms with E-state index in [0.29, 0.717) is 18.6 Å². The van der Waals surface area contributed by atoms with Crippen molar-refractivity contribution in [2.75, 3.05) is 18.0 Å². The second-order valence-corrected chi connectivity index (χ2v) is 7.38. The molecule has 1 amide bonds. The van der Waals surface area contributed by atoms with Crippen molar-refractivity contribution in [1.82, 2.24) is 15.3 Å². The molecule has 0 bridgehead atoms. The third kappa shape index (κ3) is 5.65. The van der Waals surface area contributed by atoms with Crippen LogP contribution < -0.4 is 10.2 Å². The van der Waals surface area contributed by atoms with Crippen LogP contribution in [0.4, 0.5) is 15.0 Å². The largest absolute Gasteiger partial charge is 0.444 e. The fraction of sp³-hybridized carbons (Fsp3) is 0.471. The topological polar surface area (TPSA) is 67.3 Å². The lowest BCUT2D eigenvalue weighted by molar-refractivity contribution is 0.0509. The van der Waals surface area contributed by atoms with Crippen LogP contribution in [0.5, 0.6) is 0 Å². The van der Waals surface area contributed by atoms with Gasteiger partial charge in [0.05, 0.1) is 18.1 Å². The maximum atomic E-state index is 12.6. The zero-order chi connectivity index (χ0) is 18.4. The molecular formula is C17H22FIN4O2. The molecule has 2 rings (SSSR count). The summed E-state index contributed by atoms with van der Waals surface area (Å²) >= 11 is 2.10. The number of amides is 1. The van der Waals surface area contributed by atoms with Gasteiger partial charge in [0.15, 0.2) is 0 Å². The summed E-state index contributed by atoms with van der Waals surface area (Å²) < 4.78 is 19.7. The van der Waals surface area contributed by atoms with Gasteiger partial charge in [-0.1, -0.05) is 22.6 Å². The van der Waals surface area contributed by atoms with Crippen LogP contribution >= 0.6 is 22.6 Å². The lowest BCUT2D eigenvalue weighted by Crippen LogP contribution is -2.40. The van der Waals surface area contributed by atoms with Gasteiger partial charge in [0.2, 0.25) is 0 Å². The van der Waals surface area contributed by atoms with Gasteiger partial charge in [0.1, 0.15) is 17.7 Å². The van der Waals surface area contributed by atoms with Crippen molar-refractivity contribution >= 4 is 46.7 Å². The predicted molar refractivity (Wildman–Crippen MR) is 105 cm³/mol. The molecule has 1 unspecified atom stereocenters. The smallest absolute Gasteiger partial charge is 0.407 e. The number of carbonyl (C=O) groups is 1. The van der Waals surface area contributed by atoms with Gasteiger partial charge in [0, 0.05) is 18.7 Å². The van der Waals surface area contributed by atoms with Crippen LogP contribution in [0.1, 0.15) is 38.4 Å². The fourth-order valence-corrected chi connectivity index (χ4v) is 2.97. The summed E-state index contributed by atoms with van der Waals surface area (Å²) in [6, 6.07) is -0.0265. The Labute approximate surface area is 160 Å². The minimum Gasteiger partial charge on any atom is -0.444 e. The van der Waals surface area contributed by atoms with E-state index in [1.807, 2.05) is 30.9 Å². The number of halogens is 2. The average Bonchev–Trinajstić information content (AvgIpc) is 2.95. The van der Waals surface area contributed by atoms with E-state index in [-0.39, 0.29) is 6.04 Å². The van der Waals surface area contributed by atoms with Gasteiger partial charge in [0.25, 0.3) is 0 Å². The molecule has 1 saturated heterocycles. The van der Waals surface area contributed by atoms with E-state index in [1.165, 1.54) is 12.4 Å². The Hall–Kier alpha value is -1.71. The molecule has 0 radical (unpaired) electrons. The molecule has 136 valence electrons. The molecule has 2 heterocycles. The first-order chi connectivity index (χ1) is 11.8. The Morgan fingerprint density at radius 1 is 1.44 bits per heavy atom. The Bertz CT molecular complexity index is 673. The van der Waals surface area contributed by atoms with Gasteiger partial charge < -0.3 is 15.0 Å². The molecule has 1 aromatic heterocycles. The molecule has 1 N–H and O–H groups in total. The standard InChI is InChI=1S/C17H22FIN4O2/c1-17(2,3)25-16(24)22-12-6-9-23(10-12)15-13(5-8-19)14(4-7-18)20-11-21-15/h4-5,7-8,11-12H,6,9-10H2,1-3H3,(H,22,24)/b7-4+,8-5-. The van der Waals surface area contributed by atoms with Crippen LogP contribution in [0.25, 0.3) is 12.2 Å². The van der Waals surface area contributed by atoms with Gasteiger partial charge in [-0.3, -0.25) is 0 Å². The molecular weight excluding hydrogens is 438 g/mol. The molecule has 0 saturated carbocycles. The quantitative estimate of drug-likeness (QED) is 0.690. The molecule has 0 spiro atoms. The van der Waals surface area contributed by atoms with E-state index in [9.17, 15) is 9.18 Å². The number of aromatic nitrogens is 2. The molecule has 1 atom stereocenters. The van der Waals surface area contributed by atoms with E-state index in [0.717, 1.165) is 24.3 Å². The molecule has 0 aliphatic carbocycles. The molecule has 0 aromatic carbocycles. The first-order valence-corrected chi connectivity index (χ1v) is 9.21. The summed E-state index contributed by atoms with van der Waals surface area (Å²) in [7, 11) is 0. The average molecular weight is 460 g/mol. The van der Waals surface area contributed by atoms with Crippen LogP contribution in [0.15, 0.2) is 16.7 Å². The van der Waals surface area contributed by atoms with E-state index in [2.05, 4.69) is 42.8 Å². The van der Waals surface area contributed by atoms with Gasteiger partial charge in [-0.2, -0.15) is 0 Å². The Kier molecular flexibility index (Phi) is 6.74. The third-order valence-corrected chi connectivity index (χ3v) is 3.91. The summed E-state index contributed by atoms with van der Waals surface area (Å²) in [6.07, 6.45) is 5.40. The van der Waals surface area contributed by atoms with Gasteiger partial charge in [-0.25, -0.2) is 19.2 Å². The highest BCUT2D eigenvalue weighted by atomic mass is 127. The highest BCUT2D eigenvalue weighted by molar-refractivity contribution is 14.1. The number of carbonyl (C=O) groups excluding carboxylic acids is 1. The summed E-state index contributed by atoms with van der Waals surface area (Å²) in [5.41, 5.74) is 0.744. The number of anilines is 1. The number of nitrogens with one attached hydrogen (secondary N) is 1. The summed E-state index contributed by atoms with van der Waals surface area (Å²) in [4.78, 5) is 22.5. The van der Waals surface area contributed by atoms with Crippen molar-refractivity contribution in [2.45, 2.75) is 38.8 Å². The van der Waals surface area contributed by atoms with E-state index >= 15 is 0 Å². The summed E-state index contributed by atoms with van der Waals surface area (Å²) in [5.74, 6) is 0.726. The number of ether oxygens (including phenoxy) is 1. The van der Waals surface area contributed by atoms with Crippen molar-refractivity contribution in [3.63, 3.8) is 0 Å². The normalized spacial score (nSPS) is 18.3. The van der Waals surface area contributed by atoms with Gasteiger partial charge >= 0.3 is 6.09 Å². The van der Waals surface area contributed by atoms with E-state index in [4.69, 9.17) is 4.74 Å². The highest BCUT2D eigenvalue weighted by Gasteiger charge is 2.28.